The van der Waals surface area contributed by atoms with Crippen LogP contribution in [0.2, 0.25) is 0 Å². The highest BCUT2D eigenvalue weighted by Gasteiger charge is 2.09. The van der Waals surface area contributed by atoms with Crippen molar-refractivity contribution >= 4 is 29.9 Å². The molecule has 1 aromatic rings. The molecule has 1 rings (SSSR count). The van der Waals surface area contributed by atoms with Gasteiger partial charge in [-0.2, -0.15) is 0 Å². The van der Waals surface area contributed by atoms with Crippen molar-refractivity contribution in [3.63, 3.8) is 0 Å². The third-order valence-corrected chi connectivity index (χ3v) is 3.01. The largest absolute Gasteiger partial charge is 0.396 e. The molecule has 6 heteroatoms. The number of aromatic nitrogens is 1. The van der Waals surface area contributed by atoms with Gasteiger partial charge >= 0.3 is 0 Å². The first-order valence-electron chi connectivity index (χ1n) is 6.72. The van der Waals surface area contributed by atoms with Crippen LogP contribution in [0.4, 0.5) is 0 Å². The van der Waals surface area contributed by atoms with E-state index in [2.05, 4.69) is 29.1 Å². The Balaban J connectivity index is 0.00000361. The molecule has 0 aliphatic carbocycles. The van der Waals surface area contributed by atoms with E-state index in [-0.39, 0.29) is 36.5 Å². The fourth-order valence-electron chi connectivity index (χ4n) is 1.63. The number of aliphatic hydroxyl groups excluding tert-OH is 1. The summed E-state index contributed by atoms with van der Waals surface area (Å²) in [6.45, 7) is 4.72. The lowest BCUT2D eigenvalue weighted by atomic mass is 10.0. The molecule has 0 spiro atoms. The van der Waals surface area contributed by atoms with Crippen LogP contribution in [0.1, 0.15) is 26.0 Å². The molecular formula is C14H25IN4O. The van der Waals surface area contributed by atoms with Gasteiger partial charge in [0.05, 0.1) is 0 Å². The zero-order chi connectivity index (χ0) is 14.1. The van der Waals surface area contributed by atoms with Crippen LogP contribution in [0.5, 0.6) is 0 Å². The third-order valence-electron chi connectivity index (χ3n) is 3.01. The number of pyridine rings is 1. The zero-order valence-corrected chi connectivity index (χ0v) is 14.5. The van der Waals surface area contributed by atoms with Crippen LogP contribution in [0.25, 0.3) is 0 Å². The molecule has 5 nitrogen and oxygen atoms in total. The van der Waals surface area contributed by atoms with Gasteiger partial charge < -0.3 is 16.2 Å². The van der Waals surface area contributed by atoms with E-state index in [0.717, 1.165) is 12.1 Å². The molecule has 2 unspecified atom stereocenters. The average molecular weight is 392 g/mol. The van der Waals surface area contributed by atoms with Crippen LogP contribution >= 0.6 is 24.0 Å². The Morgan fingerprint density at radius 1 is 1.50 bits per heavy atom. The second kappa shape index (κ2) is 10.8. The average Bonchev–Trinajstić information content (AvgIpc) is 2.44. The van der Waals surface area contributed by atoms with Gasteiger partial charge in [0.15, 0.2) is 5.96 Å². The fourth-order valence-corrected chi connectivity index (χ4v) is 1.63. The number of halogens is 1. The monoisotopic (exact) mass is 392 g/mol. The van der Waals surface area contributed by atoms with Gasteiger partial charge in [0.1, 0.15) is 0 Å². The van der Waals surface area contributed by atoms with E-state index >= 15 is 0 Å². The molecule has 0 aliphatic rings. The number of rotatable bonds is 7. The van der Waals surface area contributed by atoms with Gasteiger partial charge in [-0.25, -0.2) is 0 Å². The molecule has 0 saturated heterocycles. The molecular weight excluding hydrogens is 367 g/mol. The van der Waals surface area contributed by atoms with Crippen LogP contribution in [-0.2, 0) is 6.42 Å². The molecule has 0 amide bonds. The SMILES string of the molecule is CCC(C)NC(N)=NCC(CO)Cc1ccccn1.I. The standard InChI is InChI=1S/C14H24N4O.HI/c1-3-11(2)18-14(15)17-9-12(10-19)8-13-6-4-5-7-16-13;/h4-7,11-12,19H,3,8-10H2,1-2H3,(H3,15,17,18);1H. The van der Waals surface area contributed by atoms with Gasteiger partial charge in [-0.05, 0) is 31.9 Å². The Morgan fingerprint density at radius 2 is 2.25 bits per heavy atom. The highest BCUT2D eigenvalue weighted by atomic mass is 127. The minimum absolute atomic E-state index is 0. The summed E-state index contributed by atoms with van der Waals surface area (Å²) in [5, 5.41) is 12.5. The highest BCUT2D eigenvalue weighted by Crippen LogP contribution is 2.06. The first kappa shape index (κ1) is 19.1. The summed E-state index contributed by atoms with van der Waals surface area (Å²) in [5.41, 5.74) is 6.75. The summed E-state index contributed by atoms with van der Waals surface area (Å²) in [5.74, 6) is 0.487. The predicted octanol–water partition coefficient (Wildman–Crippen LogP) is 1.55. The van der Waals surface area contributed by atoms with Crippen LogP contribution in [0, 0.1) is 5.92 Å². The maximum atomic E-state index is 9.37. The Bertz CT molecular complexity index is 386. The van der Waals surface area contributed by atoms with Crippen molar-refractivity contribution in [2.75, 3.05) is 13.2 Å². The Labute approximate surface area is 138 Å². The molecule has 4 N–H and O–H groups in total. The van der Waals surface area contributed by atoms with E-state index in [1.807, 2.05) is 18.2 Å². The summed E-state index contributed by atoms with van der Waals surface area (Å²) in [6.07, 6.45) is 3.46. The van der Waals surface area contributed by atoms with E-state index in [4.69, 9.17) is 5.73 Å². The number of nitrogens with one attached hydrogen (secondary N) is 1. The Kier molecular flexibility index (Phi) is 10.4. The second-order valence-corrected chi connectivity index (χ2v) is 4.75. The maximum Gasteiger partial charge on any atom is 0.188 e. The molecule has 2 atom stereocenters. The van der Waals surface area contributed by atoms with Gasteiger partial charge in [-0.1, -0.05) is 13.0 Å². The summed E-state index contributed by atoms with van der Waals surface area (Å²) in [7, 11) is 0. The molecule has 0 saturated carbocycles. The number of hydrogen-bond donors (Lipinski definition) is 3. The van der Waals surface area contributed by atoms with Gasteiger partial charge in [-0.3, -0.25) is 9.98 Å². The first-order chi connectivity index (χ1) is 9.15. The number of aliphatic imine (C=N–C) groups is 1. The van der Waals surface area contributed by atoms with Crippen molar-refractivity contribution in [3.8, 4) is 0 Å². The smallest absolute Gasteiger partial charge is 0.188 e. The van der Waals surface area contributed by atoms with E-state index in [9.17, 15) is 5.11 Å². The molecule has 0 aliphatic heterocycles. The number of guanidine groups is 1. The summed E-state index contributed by atoms with van der Waals surface area (Å²) in [4.78, 5) is 8.52. The van der Waals surface area contributed by atoms with E-state index < -0.39 is 0 Å². The summed E-state index contributed by atoms with van der Waals surface area (Å²) >= 11 is 0. The topological polar surface area (TPSA) is 83.5 Å². The lowest BCUT2D eigenvalue weighted by molar-refractivity contribution is 0.229. The van der Waals surface area contributed by atoms with E-state index in [0.29, 0.717) is 25.0 Å². The molecule has 0 bridgehead atoms. The molecule has 1 heterocycles. The Hall–Kier alpha value is -0.890. The lowest BCUT2D eigenvalue weighted by Crippen LogP contribution is -2.38. The molecule has 20 heavy (non-hydrogen) atoms. The maximum absolute atomic E-state index is 9.37. The number of nitrogens with two attached hydrogens (primary N) is 1. The van der Waals surface area contributed by atoms with Crippen LogP contribution in [-0.4, -0.2) is 35.2 Å². The van der Waals surface area contributed by atoms with Crippen molar-refractivity contribution in [1.29, 1.82) is 0 Å². The van der Waals surface area contributed by atoms with E-state index in [1.54, 1.807) is 6.20 Å². The van der Waals surface area contributed by atoms with Crippen LogP contribution in [0.3, 0.4) is 0 Å². The third kappa shape index (κ3) is 7.64. The van der Waals surface area contributed by atoms with E-state index in [1.165, 1.54) is 0 Å². The van der Waals surface area contributed by atoms with Gasteiger partial charge in [0.2, 0.25) is 0 Å². The highest BCUT2D eigenvalue weighted by molar-refractivity contribution is 14.0. The number of aliphatic hydroxyl groups is 1. The van der Waals surface area contributed by atoms with Crippen molar-refractivity contribution in [3.05, 3.63) is 30.1 Å². The summed E-state index contributed by atoms with van der Waals surface area (Å²) in [6, 6.07) is 6.09. The molecule has 114 valence electrons. The normalized spacial score (nSPS) is 14.2. The second-order valence-electron chi connectivity index (χ2n) is 4.75. The molecule has 1 aromatic heterocycles. The Morgan fingerprint density at radius 3 is 2.80 bits per heavy atom. The van der Waals surface area contributed by atoms with Gasteiger partial charge in [-0.15, -0.1) is 24.0 Å². The van der Waals surface area contributed by atoms with Crippen molar-refractivity contribution in [2.45, 2.75) is 32.7 Å². The zero-order valence-electron chi connectivity index (χ0n) is 12.1. The minimum atomic E-state index is 0. The van der Waals surface area contributed by atoms with Crippen molar-refractivity contribution < 1.29 is 5.11 Å². The minimum Gasteiger partial charge on any atom is -0.396 e. The van der Waals surface area contributed by atoms with Gasteiger partial charge in [0, 0.05) is 37.0 Å². The number of nitrogens with zero attached hydrogens (tertiary/aromatic N) is 2. The molecule has 0 fully saturated rings. The number of hydrogen-bond acceptors (Lipinski definition) is 3. The van der Waals surface area contributed by atoms with Gasteiger partial charge in [0.25, 0.3) is 0 Å². The van der Waals surface area contributed by atoms with Crippen LogP contribution in [0.15, 0.2) is 29.4 Å². The summed E-state index contributed by atoms with van der Waals surface area (Å²) < 4.78 is 0. The molecule has 0 aromatic carbocycles. The fraction of sp³-hybridized carbons (Fsp3) is 0.571. The molecule has 0 radical (unpaired) electrons. The van der Waals surface area contributed by atoms with Crippen molar-refractivity contribution in [2.24, 2.45) is 16.6 Å². The lowest BCUT2D eigenvalue weighted by Gasteiger charge is -2.14. The predicted molar refractivity (Wildman–Crippen MR) is 93.3 cm³/mol. The van der Waals surface area contributed by atoms with Crippen LogP contribution < -0.4 is 11.1 Å². The van der Waals surface area contributed by atoms with Crippen molar-refractivity contribution in [1.82, 2.24) is 10.3 Å². The first-order valence-corrected chi connectivity index (χ1v) is 6.72. The quantitative estimate of drug-likeness (QED) is 0.374.